The lowest BCUT2D eigenvalue weighted by Crippen LogP contribution is -2.36. The number of nitrogens with two attached hydrogens (primary N) is 1. The van der Waals surface area contributed by atoms with Gasteiger partial charge in [0.25, 0.3) is 11.1 Å². The SMILES string of the molecule is CCOc1cc(/C=C2\SC(=O)N(CC(N)=O)C2=O)ccc1OCCOc1ccc(C)cc1. The second-order valence-electron chi connectivity index (χ2n) is 6.88. The van der Waals surface area contributed by atoms with E-state index in [1.165, 1.54) is 0 Å². The largest absolute Gasteiger partial charge is 0.490 e. The van der Waals surface area contributed by atoms with Gasteiger partial charge in [0.15, 0.2) is 11.5 Å². The average Bonchev–Trinajstić information content (AvgIpc) is 3.01. The molecule has 0 atom stereocenters. The van der Waals surface area contributed by atoms with Crippen molar-refractivity contribution < 1.29 is 28.6 Å². The minimum Gasteiger partial charge on any atom is -0.490 e. The Morgan fingerprint density at radius 2 is 1.75 bits per heavy atom. The molecular formula is C23H24N2O6S. The molecule has 1 saturated heterocycles. The van der Waals surface area contributed by atoms with E-state index < -0.39 is 23.6 Å². The number of amides is 3. The average molecular weight is 457 g/mol. The summed E-state index contributed by atoms with van der Waals surface area (Å²) in [6, 6.07) is 13.0. The van der Waals surface area contributed by atoms with Gasteiger partial charge in [-0.25, -0.2) is 0 Å². The maximum Gasteiger partial charge on any atom is 0.294 e. The van der Waals surface area contributed by atoms with Crippen molar-refractivity contribution in [2.45, 2.75) is 13.8 Å². The molecule has 1 heterocycles. The van der Waals surface area contributed by atoms with Gasteiger partial charge in [0.1, 0.15) is 25.5 Å². The van der Waals surface area contributed by atoms with E-state index in [1.807, 2.05) is 38.1 Å². The lowest BCUT2D eigenvalue weighted by atomic mass is 10.2. The van der Waals surface area contributed by atoms with Crippen LogP contribution in [0.25, 0.3) is 6.08 Å². The number of carbonyl (C=O) groups excluding carboxylic acids is 3. The molecule has 3 amide bonds. The van der Waals surface area contributed by atoms with Crippen LogP contribution in [0, 0.1) is 6.92 Å². The molecular weight excluding hydrogens is 432 g/mol. The Balaban J connectivity index is 1.65. The van der Waals surface area contributed by atoms with E-state index in [-0.39, 0.29) is 4.91 Å². The standard InChI is InChI=1S/C23H24N2O6S/c1-3-29-19-12-16(13-20-22(27)25(14-21(24)26)23(28)32-20)6-9-18(19)31-11-10-30-17-7-4-15(2)5-8-17/h4-9,12-13H,3,10-11,14H2,1-2H3,(H2,24,26)/b20-13-. The molecule has 2 aromatic rings. The minimum absolute atomic E-state index is 0.207. The zero-order valence-corrected chi connectivity index (χ0v) is 18.6. The smallest absolute Gasteiger partial charge is 0.294 e. The number of hydrogen-bond donors (Lipinski definition) is 1. The van der Waals surface area contributed by atoms with Crippen LogP contribution >= 0.6 is 11.8 Å². The number of thioether (sulfide) groups is 1. The Hall–Kier alpha value is -3.46. The lowest BCUT2D eigenvalue weighted by Gasteiger charge is -2.13. The monoisotopic (exact) mass is 456 g/mol. The normalized spacial score (nSPS) is 14.7. The number of nitrogens with zero attached hydrogens (tertiary/aromatic N) is 1. The van der Waals surface area contributed by atoms with Crippen molar-refractivity contribution in [3.8, 4) is 17.2 Å². The summed E-state index contributed by atoms with van der Waals surface area (Å²) in [5.74, 6) is 0.515. The van der Waals surface area contributed by atoms with E-state index in [0.717, 1.165) is 28.0 Å². The van der Waals surface area contributed by atoms with Gasteiger partial charge in [-0.3, -0.25) is 19.3 Å². The Bertz CT molecular complexity index is 1040. The molecule has 0 saturated carbocycles. The Labute approximate surface area is 190 Å². The number of ether oxygens (including phenoxy) is 3. The first-order valence-corrected chi connectivity index (χ1v) is 10.8. The topological polar surface area (TPSA) is 108 Å². The second-order valence-corrected chi connectivity index (χ2v) is 7.88. The Morgan fingerprint density at radius 1 is 1.03 bits per heavy atom. The fraction of sp³-hybridized carbons (Fsp3) is 0.261. The van der Waals surface area contributed by atoms with Crippen molar-refractivity contribution in [1.82, 2.24) is 4.90 Å². The van der Waals surface area contributed by atoms with Gasteiger partial charge in [-0.05, 0) is 61.5 Å². The van der Waals surface area contributed by atoms with Crippen LogP contribution in [0.3, 0.4) is 0 Å². The molecule has 1 aliphatic heterocycles. The third-order valence-corrected chi connectivity index (χ3v) is 5.29. The van der Waals surface area contributed by atoms with Gasteiger partial charge < -0.3 is 19.9 Å². The highest BCUT2D eigenvalue weighted by atomic mass is 32.2. The van der Waals surface area contributed by atoms with Crippen LogP contribution in [0.2, 0.25) is 0 Å². The molecule has 2 N–H and O–H groups in total. The quantitative estimate of drug-likeness (QED) is 0.431. The number of aryl methyl sites for hydroxylation is 1. The molecule has 32 heavy (non-hydrogen) atoms. The highest BCUT2D eigenvalue weighted by molar-refractivity contribution is 8.18. The molecule has 0 spiro atoms. The molecule has 9 heteroatoms. The van der Waals surface area contributed by atoms with E-state index in [9.17, 15) is 14.4 Å². The Kier molecular flexibility index (Phi) is 7.77. The molecule has 0 unspecified atom stereocenters. The number of benzene rings is 2. The third-order valence-electron chi connectivity index (χ3n) is 4.38. The van der Waals surface area contributed by atoms with Gasteiger partial charge in [0, 0.05) is 0 Å². The predicted molar refractivity (Wildman–Crippen MR) is 122 cm³/mol. The maximum atomic E-state index is 12.4. The van der Waals surface area contributed by atoms with Crippen molar-refractivity contribution in [2.75, 3.05) is 26.4 Å². The van der Waals surface area contributed by atoms with E-state index in [0.29, 0.717) is 36.9 Å². The number of imide groups is 1. The number of carbonyl (C=O) groups is 3. The van der Waals surface area contributed by atoms with Crippen LogP contribution < -0.4 is 19.9 Å². The van der Waals surface area contributed by atoms with E-state index in [2.05, 4.69) is 0 Å². The summed E-state index contributed by atoms with van der Waals surface area (Å²) in [5.41, 5.74) is 6.91. The molecule has 0 radical (unpaired) electrons. The first-order chi connectivity index (χ1) is 15.4. The molecule has 168 valence electrons. The van der Waals surface area contributed by atoms with Crippen molar-refractivity contribution in [2.24, 2.45) is 5.73 Å². The van der Waals surface area contributed by atoms with Crippen molar-refractivity contribution in [3.63, 3.8) is 0 Å². The molecule has 3 rings (SSSR count). The van der Waals surface area contributed by atoms with E-state index in [4.69, 9.17) is 19.9 Å². The summed E-state index contributed by atoms with van der Waals surface area (Å²) >= 11 is 0.760. The Morgan fingerprint density at radius 3 is 2.44 bits per heavy atom. The molecule has 2 aromatic carbocycles. The zero-order valence-electron chi connectivity index (χ0n) is 17.8. The molecule has 0 aromatic heterocycles. The van der Waals surface area contributed by atoms with Crippen molar-refractivity contribution in [1.29, 1.82) is 0 Å². The number of primary amides is 1. The fourth-order valence-electron chi connectivity index (χ4n) is 2.89. The van der Waals surface area contributed by atoms with Crippen LogP contribution in [-0.4, -0.2) is 48.3 Å². The molecule has 8 nitrogen and oxygen atoms in total. The van der Waals surface area contributed by atoms with E-state index in [1.54, 1.807) is 24.3 Å². The van der Waals surface area contributed by atoms with Crippen LogP contribution in [0.4, 0.5) is 4.79 Å². The summed E-state index contributed by atoms with van der Waals surface area (Å²) in [6.45, 7) is 4.53. The highest BCUT2D eigenvalue weighted by Crippen LogP contribution is 2.34. The van der Waals surface area contributed by atoms with Gasteiger partial charge >= 0.3 is 0 Å². The van der Waals surface area contributed by atoms with E-state index >= 15 is 0 Å². The van der Waals surface area contributed by atoms with Gasteiger partial charge in [0.2, 0.25) is 5.91 Å². The van der Waals surface area contributed by atoms with Gasteiger partial charge in [-0.1, -0.05) is 23.8 Å². The summed E-state index contributed by atoms with van der Waals surface area (Å²) < 4.78 is 17.1. The molecule has 0 bridgehead atoms. The molecule has 1 aliphatic rings. The highest BCUT2D eigenvalue weighted by Gasteiger charge is 2.35. The van der Waals surface area contributed by atoms with Gasteiger partial charge in [-0.15, -0.1) is 0 Å². The summed E-state index contributed by atoms with van der Waals surface area (Å²) in [7, 11) is 0. The van der Waals surface area contributed by atoms with Crippen LogP contribution in [0.15, 0.2) is 47.4 Å². The predicted octanol–water partition coefficient (Wildman–Crippen LogP) is 3.37. The summed E-state index contributed by atoms with van der Waals surface area (Å²) in [4.78, 5) is 36.5. The second kappa shape index (κ2) is 10.7. The van der Waals surface area contributed by atoms with Gasteiger partial charge in [-0.2, -0.15) is 0 Å². The number of rotatable bonds is 10. The fourth-order valence-corrected chi connectivity index (χ4v) is 3.73. The zero-order chi connectivity index (χ0) is 23.1. The van der Waals surface area contributed by atoms with Crippen molar-refractivity contribution in [3.05, 3.63) is 58.5 Å². The summed E-state index contributed by atoms with van der Waals surface area (Å²) in [5, 5.41) is -0.529. The first-order valence-electron chi connectivity index (χ1n) is 10.00. The molecule has 1 fully saturated rings. The maximum absolute atomic E-state index is 12.4. The lowest BCUT2D eigenvalue weighted by molar-refractivity contribution is -0.127. The first kappa shape index (κ1) is 23.2. The van der Waals surface area contributed by atoms with Crippen LogP contribution in [0.1, 0.15) is 18.1 Å². The third kappa shape index (κ3) is 6.04. The summed E-state index contributed by atoms with van der Waals surface area (Å²) in [6.07, 6.45) is 1.57. The number of hydrogen-bond acceptors (Lipinski definition) is 7. The molecule has 0 aliphatic carbocycles. The van der Waals surface area contributed by atoms with Crippen molar-refractivity contribution >= 4 is 34.9 Å². The van der Waals surface area contributed by atoms with Gasteiger partial charge in [0.05, 0.1) is 11.5 Å². The minimum atomic E-state index is -0.750. The van der Waals surface area contributed by atoms with Crippen LogP contribution in [-0.2, 0) is 9.59 Å². The van der Waals surface area contributed by atoms with Crippen LogP contribution in [0.5, 0.6) is 17.2 Å².